The van der Waals surface area contributed by atoms with E-state index < -0.39 is 18.6 Å². The molecule has 0 aromatic heterocycles. The SMILES string of the molecule is CCCCCCCCC=CCCCCCCCC(=O)PC(O)C(O)CO. The summed E-state index contributed by atoms with van der Waals surface area (Å²) in [5.41, 5.74) is -0.0115. The molecule has 0 fully saturated rings. The fraction of sp³-hybridized carbons (Fsp3) is 0.857. The molecule has 3 atom stereocenters. The van der Waals surface area contributed by atoms with Crippen LogP contribution in [0.25, 0.3) is 0 Å². The molecule has 0 aliphatic rings. The van der Waals surface area contributed by atoms with Gasteiger partial charge in [-0.2, -0.15) is 0 Å². The number of rotatable bonds is 19. The molecule has 0 amide bonds. The number of aliphatic hydroxyl groups excluding tert-OH is 3. The molecule has 154 valence electrons. The second-order valence-electron chi connectivity index (χ2n) is 7.10. The van der Waals surface area contributed by atoms with Gasteiger partial charge in [0.25, 0.3) is 0 Å². The topological polar surface area (TPSA) is 77.8 Å². The Labute approximate surface area is 162 Å². The maximum atomic E-state index is 11.7. The van der Waals surface area contributed by atoms with E-state index in [-0.39, 0.29) is 14.1 Å². The van der Waals surface area contributed by atoms with Crippen LogP contribution in [0, 0.1) is 0 Å². The van der Waals surface area contributed by atoms with Crippen molar-refractivity contribution < 1.29 is 20.1 Å². The molecule has 0 saturated heterocycles. The standard InChI is InChI=1S/C21H41O4P/c1-2-3-4-5-6-7-8-9-10-11-12-13-14-15-16-17-20(24)26-21(25)19(23)18-22/h9-10,19,21-23,25-26H,2-8,11-18H2,1H3. The van der Waals surface area contributed by atoms with E-state index in [1.54, 1.807) is 0 Å². The predicted molar refractivity (Wildman–Crippen MR) is 112 cm³/mol. The van der Waals surface area contributed by atoms with Crippen molar-refractivity contribution >= 4 is 14.1 Å². The van der Waals surface area contributed by atoms with Gasteiger partial charge < -0.3 is 15.3 Å². The van der Waals surface area contributed by atoms with Gasteiger partial charge in [0.15, 0.2) is 5.52 Å². The van der Waals surface area contributed by atoms with E-state index >= 15 is 0 Å². The lowest BCUT2D eigenvalue weighted by Crippen LogP contribution is -2.26. The number of unbranched alkanes of at least 4 members (excludes halogenated alkanes) is 11. The van der Waals surface area contributed by atoms with Crippen molar-refractivity contribution in [1.29, 1.82) is 0 Å². The molecule has 26 heavy (non-hydrogen) atoms. The normalized spacial score (nSPS) is 14.5. The molecule has 0 aromatic carbocycles. The minimum atomic E-state index is -1.20. The van der Waals surface area contributed by atoms with Crippen LogP contribution in [-0.2, 0) is 4.79 Å². The average Bonchev–Trinajstić information content (AvgIpc) is 2.64. The summed E-state index contributed by atoms with van der Waals surface area (Å²) in [4.78, 5) is 11.7. The van der Waals surface area contributed by atoms with Gasteiger partial charge in [-0.25, -0.2) is 0 Å². The first-order chi connectivity index (χ1) is 12.6. The van der Waals surface area contributed by atoms with Gasteiger partial charge in [0.2, 0.25) is 0 Å². The zero-order valence-corrected chi connectivity index (χ0v) is 17.7. The van der Waals surface area contributed by atoms with Gasteiger partial charge in [0.05, 0.1) is 6.61 Å². The smallest absolute Gasteiger partial charge is 0.154 e. The lowest BCUT2D eigenvalue weighted by molar-refractivity contribution is -0.111. The highest BCUT2D eigenvalue weighted by Gasteiger charge is 2.18. The highest BCUT2D eigenvalue weighted by molar-refractivity contribution is 7.58. The lowest BCUT2D eigenvalue weighted by Gasteiger charge is -2.14. The summed E-state index contributed by atoms with van der Waals surface area (Å²) in [6, 6.07) is 0. The van der Waals surface area contributed by atoms with Gasteiger partial charge in [-0.3, -0.25) is 4.79 Å². The van der Waals surface area contributed by atoms with Gasteiger partial charge in [-0.15, -0.1) is 0 Å². The van der Waals surface area contributed by atoms with Gasteiger partial charge in [-0.05, 0) is 40.7 Å². The van der Waals surface area contributed by atoms with Crippen LogP contribution in [0.15, 0.2) is 12.2 Å². The first-order valence-corrected chi connectivity index (χ1v) is 11.6. The summed E-state index contributed by atoms with van der Waals surface area (Å²) in [5, 5.41) is 27.4. The Morgan fingerprint density at radius 3 is 1.88 bits per heavy atom. The number of hydrogen-bond acceptors (Lipinski definition) is 4. The minimum Gasteiger partial charge on any atom is -0.394 e. The predicted octanol–water partition coefficient (Wildman–Crippen LogP) is 4.90. The Kier molecular flexibility index (Phi) is 19.3. The summed E-state index contributed by atoms with van der Waals surface area (Å²) in [6.45, 7) is 1.75. The summed E-state index contributed by atoms with van der Waals surface area (Å²) in [5.74, 6) is -1.12. The fourth-order valence-electron chi connectivity index (χ4n) is 2.79. The Hall–Kier alpha value is -0.280. The maximum absolute atomic E-state index is 11.7. The molecule has 0 heterocycles. The highest BCUT2D eigenvalue weighted by Crippen LogP contribution is 2.24. The van der Waals surface area contributed by atoms with E-state index in [4.69, 9.17) is 5.11 Å². The fourth-order valence-corrected chi connectivity index (χ4v) is 3.74. The van der Waals surface area contributed by atoms with Crippen molar-refractivity contribution in [1.82, 2.24) is 0 Å². The molecule has 0 radical (unpaired) electrons. The number of allylic oxidation sites excluding steroid dienone is 2. The largest absolute Gasteiger partial charge is 0.394 e. The summed E-state index contributed by atoms with van der Waals surface area (Å²) in [7, 11) is -0.325. The Morgan fingerprint density at radius 1 is 0.846 bits per heavy atom. The van der Waals surface area contributed by atoms with E-state index in [9.17, 15) is 15.0 Å². The number of carbonyl (C=O) groups excluding carboxylic acids is 1. The van der Waals surface area contributed by atoms with Crippen LogP contribution in [0.2, 0.25) is 0 Å². The third kappa shape index (κ3) is 17.1. The Morgan fingerprint density at radius 2 is 1.35 bits per heavy atom. The third-order valence-electron chi connectivity index (χ3n) is 4.53. The van der Waals surface area contributed by atoms with E-state index in [1.165, 1.54) is 57.8 Å². The van der Waals surface area contributed by atoms with E-state index in [0.29, 0.717) is 6.42 Å². The molecule has 4 nitrogen and oxygen atoms in total. The van der Waals surface area contributed by atoms with Crippen LogP contribution < -0.4 is 0 Å². The number of aliphatic hydroxyl groups is 3. The van der Waals surface area contributed by atoms with E-state index in [2.05, 4.69) is 19.1 Å². The van der Waals surface area contributed by atoms with Gasteiger partial charge >= 0.3 is 0 Å². The second-order valence-corrected chi connectivity index (χ2v) is 8.53. The Balaban J connectivity index is 3.33. The molecule has 0 spiro atoms. The van der Waals surface area contributed by atoms with Crippen LogP contribution in [-0.4, -0.2) is 39.4 Å². The monoisotopic (exact) mass is 388 g/mol. The number of carbonyl (C=O) groups is 1. The van der Waals surface area contributed by atoms with Crippen LogP contribution in [0.3, 0.4) is 0 Å². The van der Waals surface area contributed by atoms with E-state index in [0.717, 1.165) is 25.7 Å². The van der Waals surface area contributed by atoms with Crippen LogP contribution >= 0.6 is 8.58 Å². The van der Waals surface area contributed by atoms with Crippen LogP contribution in [0.1, 0.15) is 96.8 Å². The minimum absolute atomic E-state index is 0.0115. The zero-order chi connectivity index (χ0) is 19.5. The van der Waals surface area contributed by atoms with Gasteiger partial charge in [0, 0.05) is 6.42 Å². The lowest BCUT2D eigenvalue weighted by atomic mass is 10.1. The zero-order valence-electron chi connectivity index (χ0n) is 16.7. The summed E-state index contributed by atoms with van der Waals surface area (Å²) >= 11 is 0. The molecule has 0 saturated carbocycles. The molecule has 0 aromatic rings. The molecule has 3 N–H and O–H groups in total. The second kappa shape index (κ2) is 19.5. The van der Waals surface area contributed by atoms with Crippen molar-refractivity contribution in [3.8, 4) is 0 Å². The van der Waals surface area contributed by atoms with Crippen molar-refractivity contribution in [2.45, 2.75) is 109 Å². The molecule has 0 aliphatic heterocycles. The van der Waals surface area contributed by atoms with Crippen molar-refractivity contribution in [3.63, 3.8) is 0 Å². The third-order valence-corrected chi connectivity index (χ3v) is 5.78. The summed E-state index contributed by atoms with van der Waals surface area (Å²) in [6.07, 6.45) is 19.8. The van der Waals surface area contributed by atoms with Crippen molar-refractivity contribution in [2.24, 2.45) is 0 Å². The first-order valence-electron chi connectivity index (χ1n) is 10.5. The molecule has 0 rings (SSSR count). The molecule has 0 bridgehead atoms. The Bertz CT molecular complexity index is 347. The average molecular weight is 389 g/mol. The number of hydrogen-bond donors (Lipinski definition) is 3. The summed E-state index contributed by atoms with van der Waals surface area (Å²) < 4.78 is 0. The van der Waals surface area contributed by atoms with Crippen molar-refractivity contribution in [3.05, 3.63) is 12.2 Å². The molecule has 3 unspecified atom stereocenters. The van der Waals surface area contributed by atoms with Gasteiger partial charge in [-0.1, -0.05) is 70.4 Å². The quantitative estimate of drug-likeness (QED) is 0.167. The molecule has 0 aliphatic carbocycles. The van der Waals surface area contributed by atoms with Crippen molar-refractivity contribution in [2.75, 3.05) is 6.61 Å². The maximum Gasteiger partial charge on any atom is 0.154 e. The van der Waals surface area contributed by atoms with E-state index in [1.807, 2.05) is 0 Å². The molecule has 5 heteroatoms. The molecular formula is C21H41O4P. The first kappa shape index (κ1) is 25.7. The van der Waals surface area contributed by atoms with Gasteiger partial charge in [0.1, 0.15) is 11.9 Å². The van der Waals surface area contributed by atoms with Crippen LogP contribution in [0.5, 0.6) is 0 Å². The molecular weight excluding hydrogens is 347 g/mol. The van der Waals surface area contributed by atoms with Crippen LogP contribution in [0.4, 0.5) is 0 Å². The highest BCUT2D eigenvalue weighted by atomic mass is 31.1.